The molecule has 0 aliphatic heterocycles. The van der Waals surface area contributed by atoms with Gasteiger partial charge in [-0.05, 0) is 25.2 Å². The summed E-state index contributed by atoms with van der Waals surface area (Å²) in [7, 11) is 0. The van der Waals surface area contributed by atoms with Gasteiger partial charge in [-0.2, -0.15) is 0 Å². The highest BCUT2D eigenvalue weighted by Gasteiger charge is 2.00. The zero-order valence-electron chi connectivity index (χ0n) is 11.5. The molecule has 4 nitrogen and oxygen atoms in total. The number of amides is 1. The van der Waals surface area contributed by atoms with Crippen molar-refractivity contribution in [3.05, 3.63) is 30.3 Å². The van der Waals surface area contributed by atoms with Crippen molar-refractivity contribution in [1.29, 1.82) is 0 Å². The predicted octanol–water partition coefficient (Wildman–Crippen LogP) is 2.58. The molecule has 0 spiro atoms. The van der Waals surface area contributed by atoms with Crippen LogP contribution in [0, 0.1) is 11.8 Å². The molecular weight excluding hydrogens is 240 g/mol. The SMILES string of the molecule is CCN(CC)CC#CCOC(=O)Nc1ccccc1. The molecule has 102 valence electrons. The summed E-state index contributed by atoms with van der Waals surface area (Å²) in [4.78, 5) is 13.6. The van der Waals surface area contributed by atoms with Gasteiger partial charge in [-0.3, -0.25) is 10.2 Å². The van der Waals surface area contributed by atoms with Gasteiger partial charge < -0.3 is 4.74 Å². The maximum atomic E-state index is 11.4. The van der Waals surface area contributed by atoms with Crippen molar-refractivity contribution in [1.82, 2.24) is 4.90 Å². The number of benzene rings is 1. The van der Waals surface area contributed by atoms with Crippen LogP contribution in [0.5, 0.6) is 0 Å². The number of anilines is 1. The molecule has 1 N–H and O–H groups in total. The van der Waals surface area contributed by atoms with Gasteiger partial charge in [0, 0.05) is 5.69 Å². The number of hydrogen-bond acceptors (Lipinski definition) is 3. The van der Waals surface area contributed by atoms with Crippen LogP contribution >= 0.6 is 0 Å². The fraction of sp³-hybridized carbons (Fsp3) is 0.400. The molecule has 0 aliphatic rings. The number of para-hydroxylation sites is 1. The lowest BCUT2D eigenvalue weighted by Crippen LogP contribution is -2.23. The Morgan fingerprint density at radius 1 is 1.21 bits per heavy atom. The van der Waals surface area contributed by atoms with E-state index in [2.05, 4.69) is 35.9 Å². The lowest BCUT2D eigenvalue weighted by Gasteiger charge is -2.13. The summed E-state index contributed by atoms with van der Waals surface area (Å²) in [6.07, 6.45) is -0.483. The van der Waals surface area contributed by atoms with E-state index in [1.54, 1.807) is 12.1 Å². The smallest absolute Gasteiger partial charge is 0.412 e. The molecule has 19 heavy (non-hydrogen) atoms. The molecule has 0 saturated heterocycles. The first-order valence-electron chi connectivity index (χ1n) is 6.43. The summed E-state index contributed by atoms with van der Waals surface area (Å²) in [5.74, 6) is 5.80. The molecule has 1 amide bonds. The number of ether oxygens (including phenoxy) is 1. The first-order valence-corrected chi connectivity index (χ1v) is 6.43. The summed E-state index contributed by atoms with van der Waals surface area (Å²) in [5, 5.41) is 2.62. The molecule has 0 aromatic heterocycles. The molecule has 0 bridgehead atoms. The van der Waals surface area contributed by atoms with Gasteiger partial charge in [0.25, 0.3) is 0 Å². The van der Waals surface area contributed by atoms with E-state index in [-0.39, 0.29) is 6.61 Å². The Bertz CT molecular complexity index is 430. The second kappa shape index (κ2) is 9.01. The Hall–Kier alpha value is -1.99. The van der Waals surface area contributed by atoms with Gasteiger partial charge in [0.1, 0.15) is 0 Å². The lowest BCUT2D eigenvalue weighted by molar-refractivity contribution is 0.176. The topological polar surface area (TPSA) is 41.6 Å². The van der Waals surface area contributed by atoms with E-state index in [0.29, 0.717) is 12.2 Å². The predicted molar refractivity (Wildman–Crippen MR) is 77.0 cm³/mol. The Labute approximate surface area is 114 Å². The quantitative estimate of drug-likeness (QED) is 0.827. The maximum Gasteiger partial charge on any atom is 0.412 e. The minimum Gasteiger partial charge on any atom is -0.436 e. The average Bonchev–Trinajstić information content (AvgIpc) is 2.44. The van der Waals surface area contributed by atoms with Crippen molar-refractivity contribution in [3.63, 3.8) is 0 Å². The molecule has 1 aromatic rings. The van der Waals surface area contributed by atoms with E-state index in [1.165, 1.54) is 0 Å². The van der Waals surface area contributed by atoms with E-state index in [4.69, 9.17) is 4.74 Å². The van der Waals surface area contributed by atoms with Gasteiger partial charge >= 0.3 is 6.09 Å². The van der Waals surface area contributed by atoms with Crippen molar-refractivity contribution in [2.24, 2.45) is 0 Å². The van der Waals surface area contributed by atoms with Crippen molar-refractivity contribution in [2.75, 3.05) is 31.6 Å². The number of carbonyl (C=O) groups excluding carboxylic acids is 1. The van der Waals surface area contributed by atoms with Crippen LogP contribution in [-0.4, -0.2) is 37.2 Å². The first kappa shape index (κ1) is 15.1. The summed E-state index contributed by atoms with van der Waals surface area (Å²) in [6.45, 7) is 6.95. The molecule has 0 aliphatic carbocycles. The monoisotopic (exact) mass is 260 g/mol. The Morgan fingerprint density at radius 3 is 2.53 bits per heavy atom. The van der Waals surface area contributed by atoms with Gasteiger partial charge in [0.2, 0.25) is 0 Å². The number of nitrogens with one attached hydrogen (secondary N) is 1. The molecule has 1 rings (SSSR count). The Balaban J connectivity index is 2.22. The van der Waals surface area contributed by atoms with Crippen LogP contribution in [0.25, 0.3) is 0 Å². The minimum absolute atomic E-state index is 0.111. The third-order valence-corrected chi connectivity index (χ3v) is 2.62. The minimum atomic E-state index is -0.483. The summed E-state index contributed by atoms with van der Waals surface area (Å²) in [6, 6.07) is 9.18. The summed E-state index contributed by atoms with van der Waals surface area (Å²) >= 11 is 0. The van der Waals surface area contributed by atoms with Gasteiger partial charge in [-0.25, -0.2) is 4.79 Å². The van der Waals surface area contributed by atoms with Crippen molar-refractivity contribution in [2.45, 2.75) is 13.8 Å². The number of rotatable bonds is 5. The van der Waals surface area contributed by atoms with Crippen molar-refractivity contribution < 1.29 is 9.53 Å². The van der Waals surface area contributed by atoms with Gasteiger partial charge in [-0.15, -0.1) is 0 Å². The zero-order valence-corrected chi connectivity index (χ0v) is 11.5. The van der Waals surface area contributed by atoms with Crippen LogP contribution in [0.1, 0.15) is 13.8 Å². The summed E-state index contributed by atoms with van der Waals surface area (Å²) < 4.78 is 4.95. The highest BCUT2D eigenvalue weighted by molar-refractivity contribution is 5.84. The van der Waals surface area contributed by atoms with Crippen LogP contribution in [0.4, 0.5) is 10.5 Å². The standard InChI is InChI=1S/C15H20N2O2/c1-3-17(4-2)12-8-9-13-19-15(18)16-14-10-6-5-7-11-14/h5-7,10-11H,3-4,12-13H2,1-2H3,(H,16,18). The van der Waals surface area contributed by atoms with E-state index in [9.17, 15) is 4.79 Å². The third kappa shape index (κ3) is 6.49. The van der Waals surface area contributed by atoms with Gasteiger partial charge in [-0.1, -0.05) is 43.9 Å². The molecule has 0 unspecified atom stereocenters. The molecule has 0 atom stereocenters. The van der Waals surface area contributed by atoms with Crippen LogP contribution in [0.15, 0.2) is 30.3 Å². The van der Waals surface area contributed by atoms with Gasteiger partial charge in [0.15, 0.2) is 6.61 Å². The van der Waals surface area contributed by atoms with Crippen LogP contribution in [0.2, 0.25) is 0 Å². The van der Waals surface area contributed by atoms with Crippen LogP contribution in [0.3, 0.4) is 0 Å². The van der Waals surface area contributed by atoms with E-state index in [1.807, 2.05) is 18.2 Å². The molecule has 0 fully saturated rings. The molecule has 1 aromatic carbocycles. The van der Waals surface area contributed by atoms with Crippen molar-refractivity contribution >= 4 is 11.8 Å². The first-order chi connectivity index (χ1) is 9.26. The highest BCUT2D eigenvalue weighted by Crippen LogP contribution is 2.04. The second-order valence-corrected chi connectivity index (χ2v) is 3.88. The molecular formula is C15H20N2O2. The Kier molecular flexibility index (Phi) is 7.14. The second-order valence-electron chi connectivity index (χ2n) is 3.88. The maximum absolute atomic E-state index is 11.4. The third-order valence-electron chi connectivity index (χ3n) is 2.62. The molecule has 4 heteroatoms. The lowest BCUT2D eigenvalue weighted by atomic mass is 10.3. The van der Waals surface area contributed by atoms with E-state index in [0.717, 1.165) is 13.1 Å². The zero-order chi connectivity index (χ0) is 13.9. The highest BCUT2D eigenvalue weighted by atomic mass is 16.5. The average molecular weight is 260 g/mol. The number of nitrogens with zero attached hydrogens (tertiary/aromatic N) is 1. The van der Waals surface area contributed by atoms with Crippen LogP contribution < -0.4 is 5.32 Å². The number of carbonyl (C=O) groups is 1. The van der Waals surface area contributed by atoms with E-state index >= 15 is 0 Å². The number of hydrogen-bond donors (Lipinski definition) is 1. The van der Waals surface area contributed by atoms with Gasteiger partial charge in [0.05, 0.1) is 6.54 Å². The molecule has 0 heterocycles. The summed E-state index contributed by atoms with van der Waals surface area (Å²) in [5.41, 5.74) is 0.712. The Morgan fingerprint density at radius 2 is 1.89 bits per heavy atom. The van der Waals surface area contributed by atoms with E-state index < -0.39 is 6.09 Å². The fourth-order valence-electron chi connectivity index (χ4n) is 1.44. The van der Waals surface area contributed by atoms with Crippen molar-refractivity contribution in [3.8, 4) is 11.8 Å². The largest absolute Gasteiger partial charge is 0.436 e. The molecule has 0 saturated carbocycles. The fourth-order valence-corrected chi connectivity index (χ4v) is 1.44. The molecule has 0 radical (unpaired) electrons. The normalized spacial score (nSPS) is 9.63. The van der Waals surface area contributed by atoms with Crippen LogP contribution in [-0.2, 0) is 4.74 Å².